The van der Waals surface area contributed by atoms with Crippen LogP contribution < -0.4 is 5.73 Å². The van der Waals surface area contributed by atoms with Gasteiger partial charge in [0.15, 0.2) is 0 Å². The number of nitrogens with two attached hydrogens (primary N) is 1. The molecule has 64 valence electrons. The lowest BCUT2D eigenvalue weighted by Gasteiger charge is -2.20. The Morgan fingerprint density at radius 3 is 2.45 bits per heavy atom. The van der Waals surface area contributed by atoms with E-state index in [1.54, 1.807) is 0 Å². The molecule has 2 N–H and O–H groups in total. The molecule has 1 aliphatic heterocycles. The molecule has 2 aliphatic rings. The zero-order valence-corrected chi connectivity index (χ0v) is 7.51. The van der Waals surface area contributed by atoms with Crippen molar-refractivity contribution in [2.24, 2.45) is 11.1 Å². The predicted octanol–water partition coefficient (Wildman–Crippen LogP) is 0.818. The lowest BCUT2D eigenvalue weighted by Crippen LogP contribution is -2.29. The van der Waals surface area contributed by atoms with E-state index in [4.69, 9.17) is 5.73 Å². The first-order valence-electron chi connectivity index (χ1n) is 4.64. The number of rotatable bonds is 1. The van der Waals surface area contributed by atoms with Crippen LogP contribution in [-0.2, 0) is 0 Å². The molecule has 0 radical (unpaired) electrons. The van der Waals surface area contributed by atoms with Gasteiger partial charge in [-0.15, -0.1) is 0 Å². The van der Waals surface area contributed by atoms with E-state index in [-0.39, 0.29) is 0 Å². The highest BCUT2D eigenvalue weighted by molar-refractivity contribution is 5.11. The third kappa shape index (κ3) is 1.09. The summed E-state index contributed by atoms with van der Waals surface area (Å²) in [4.78, 5) is 2.55. The van der Waals surface area contributed by atoms with Crippen LogP contribution in [0.15, 0.2) is 0 Å². The van der Waals surface area contributed by atoms with Gasteiger partial charge in [-0.25, -0.2) is 0 Å². The van der Waals surface area contributed by atoms with Crippen molar-refractivity contribution in [1.82, 2.24) is 4.90 Å². The second-order valence-corrected chi connectivity index (χ2v) is 4.49. The van der Waals surface area contributed by atoms with Gasteiger partial charge in [0.2, 0.25) is 0 Å². The van der Waals surface area contributed by atoms with Crippen molar-refractivity contribution >= 4 is 0 Å². The van der Waals surface area contributed by atoms with Gasteiger partial charge in [-0.1, -0.05) is 0 Å². The van der Waals surface area contributed by atoms with Gasteiger partial charge in [0, 0.05) is 24.0 Å². The highest BCUT2D eigenvalue weighted by Gasteiger charge is 2.55. The zero-order chi connectivity index (χ0) is 8.06. The van der Waals surface area contributed by atoms with Gasteiger partial charge in [0.1, 0.15) is 0 Å². The molecule has 2 nitrogen and oxygen atoms in total. The first kappa shape index (κ1) is 7.56. The fourth-order valence-electron chi connectivity index (χ4n) is 2.22. The van der Waals surface area contributed by atoms with Crippen molar-refractivity contribution in [2.75, 3.05) is 13.1 Å². The Hall–Kier alpha value is -0.0800. The van der Waals surface area contributed by atoms with Crippen LogP contribution in [0.1, 0.15) is 26.7 Å². The quantitative estimate of drug-likeness (QED) is 0.606. The van der Waals surface area contributed by atoms with Crippen molar-refractivity contribution in [3.63, 3.8) is 0 Å². The van der Waals surface area contributed by atoms with Crippen molar-refractivity contribution < 1.29 is 0 Å². The topological polar surface area (TPSA) is 29.3 Å². The monoisotopic (exact) mass is 154 g/mol. The molecular weight excluding hydrogens is 136 g/mol. The lowest BCUT2D eigenvalue weighted by molar-refractivity contribution is 0.260. The van der Waals surface area contributed by atoms with Gasteiger partial charge in [-0.2, -0.15) is 0 Å². The summed E-state index contributed by atoms with van der Waals surface area (Å²) in [6.45, 7) is 7.07. The number of hydrogen-bond donors (Lipinski definition) is 1. The Morgan fingerprint density at radius 2 is 2.18 bits per heavy atom. The van der Waals surface area contributed by atoms with Gasteiger partial charge >= 0.3 is 0 Å². The second kappa shape index (κ2) is 2.20. The van der Waals surface area contributed by atoms with Crippen molar-refractivity contribution in [3.05, 3.63) is 0 Å². The molecule has 11 heavy (non-hydrogen) atoms. The first-order valence-corrected chi connectivity index (χ1v) is 4.64. The Kier molecular flexibility index (Phi) is 1.52. The van der Waals surface area contributed by atoms with Gasteiger partial charge < -0.3 is 10.6 Å². The molecule has 0 unspecified atom stereocenters. The summed E-state index contributed by atoms with van der Waals surface area (Å²) >= 11 is 0. The Balaban J connectivity index is 1.95. The van der Waals surface area contributed by atoms with Gasteiger partial charge in [0.05, 0.1) is 0 Å². The minimum atomic E-state index is 0.520. The Morgan fingerprint density at radius 1 is 1.55 bits per heavy atom. The lowest BCUT2D eigenvalue weighted by atomic mass is 10.1. The molecule has 1 saturated carbocycles. The van der Waals surface area contributed by atoms with Crippen molar-refractivity contribution in [3.8, 4) is 0 Å². The largest absolute Gasteiger partial charge is 0.327 e. The van der Waals surface area contributed by atoms with Crippen LogP contribution in [0, 0.1) is 5.41 Å². The fourth-order valence-corrected chi connectivity index (χ4v) is 2.22. The minimum absolute atomic E-state index is 0.520. The van der Waals surface area contributed by atoms with Crippen LogP contribution >= 0.6 is 0 Å². The molecule has 1 spiro atoms. The van der Waals surface area contributed by atoms with Crippen LogP contribution in [0.2, 0.25) is 0 Å². The SMILES string of the molecule is CC(C)N1CC[C@@]2(C[C@@H]2N)C1. The van der Waals surface area contributed by atoms with E-state index in [9.17, 15) is 0 Å². The van der Waals surface area contributed by atoms with Crippen molar-refractivity contribution in [2.45, 2.75) is 38.8 Å². The molecule has 1 saturated heterocycles. The average Bonchev–Trinajstić information content (AvgIpc) is 2.44. The van der Waals surface area contributed by atoms with E-state index in [0.29, 0.717) is 17.5 Å². The summed E-state index contributed by atoms with van der Waals surface area (Å²) in [5.41, 5.74) is 6.46. The molecule has 1 heterocycles. The first-order chi connectivity index (χ1) is 5.14. The third-order valence-corrected chi connectivity index (χ3v) is 3.40. The molecule has 0 bridgehead atoms. The molecule has 0 amide bonds. The average molecular weight is 154 g/mol. The molecule has 1 aliphatic carbocycles. The third-order valence-electron chi connectivity index (χ3n) is 3.40. The van der Waals surface area contributed by atoms with E-state index in [2.05, 4.69) is 18.7 Å². The summed E-state index contributed by atoms with van der Waals surface area (Å²) < 4.78 is 0. The predicted molar refractivity (Wildman–Crippen MR) is 46.4 cm³/mol. The van der Waals surface area contributed by atoms with Crippen LogP contribution in [0.3, 0.4) is 0 Å². The zero-order valence-electron chi connectivity index (χ0n) is 7.51. The summed E-state index contributed by atoms with van der Waals surface area (Å²) in [6.07, 6.45) is 2.61. The van der Waals surface area contributed by atoms with Crippen molar-refractivity contribution in [1.29, 1.82) is 0 Å². The fraction of sp³-hybridized carbons (Fsp3) is 1.00. The van der Waals surface area contributed by atoms with Crippen LogP contribution in [0.4, 0.5) is 0 Å². The summed E-state index contributed by atoms with van der Waals surface area (Å²) in [7, 11) is 0. The van der Waals surface area contributed by atoms with Crippen LogP contribution in [0.25, 0.3) is 0 Å². The highest BCUT2D eigenvalue weighted by atomic mass is 15.2. The molecule has 2 fully saturated rings. The summed E-state index contributed by atoms with van der Waals surface area (Å²) in [5, 5.41) is 0. The Bertz CT molecular complexity index is 167. The maximum atomic E-state index is 5.90. The maximum Gasteiger partial charge on any atom is 0.0115 e. The van der Waals surface area contributed by atoms with Crippen LogP contribution in [-0.4, -0.2) is 30.1 Å². The normalized spacial score (nSPS) is 44.2. The Labute approximate surface area is 68.7 Å². The molecule has 0 aromatic rings. The summed E-state index contributed by atoms with van der Waals surface area (Å²) in [6, 6.07) is 1.23. The number of hydrogen-bond acceptors (Lipinski definition) is 2. The summed E-state index contributed by atoms with van der Waals surface area (Å²) in [5.74, 6) is 0. The molecule has 2 heteroatoms. The molecule has 2 rings (SSSR count). The number of likely N-dealkylation sites (tertiary alicyclic amines) is 1. The molecular formula is C9H18N2. The molecule has 2 atom stereocenters. The van der Waals surface area contributed by atoms with E-state index in [1.165, 1.54) is 25.9 Å². The van der Waals surface area contributed by atoms with E-state index in [0.717, 1.165) is 0 Å². The van der Waals surface area contributed by atoms with Gasteiger partial charge in [-0.3, -0.25) is 0 Å². The standard InChI is InChI=1S/C9H18N2/c1-7(2)11-4-3-9(6-11)5-8(9)10/h7-8H,3-6,10H2,1-2H3/t8-,9+/m0/s1. The van der Waals surface area contributed by atoms with Crippen LogP contribution in [0.5, 0.6) is 0 Å². The smallest absolute Gasteiger partial charge is 0.0115 e. The van der Waals surface area contributed by atoms with E-state index in [1.807, 2.05) is 0 Å². The minimum Gasteiger partial charge on any atom is -0.327 e. The highest BCUT2D eigenvalue weighted by Crippen LogP contribution is 2.51. The van der Waals surface area contributed by atoms with Gasteiger partial charge in [0.25, 0.3) is 0 Å². The number of nitrogens with zero attached hydrogens (tertiary/aromatic N) is 1. The van der Waals surface area contributed by atoms with E-state index >= 15 is 0 Å². The maximum absolute atomic E-state index is 5.90. The molecule has 0 aromatic carbocycles. The molecule has 0 aromatic heterocycles. The van der Waals surface area contributed by atoms with E-state index < -0.39 is 0 Å². The second-order valence-electron chi connectivity index (χ2n) is 4.49. The van der Waals surface area contributed by atoms with Gasteiger partial charge in [-0.05, 0) is 33.2 Å².